The van der Waals surface area contributed by atoms with Crippen molar-refractivity contribution >= 4 is 17.1 Å². The lowest BCUT2D eigenvalue weighted by Gasteiger charge is -2.00. The van der Waals surface area contributed by atoms with Gasteiger partial charge in [0, 0.05) is 0 Å². The van der Waals surface area contributed by atoms with Gasteiger partial charge in [0.15, 0.2) is 11.2 Å². The first-order valence-corrected chi connectivity index (χ1v) is 4.97. The molecule has 7 heteroatoms. The third kappa shape index (κ3) is 1.57. The summed E-state index contributed by atoms with van der Waals surface area (Å²) in [5, 5.41) is 0. The Morgan fingerprint density at radius 1 is 1.53 bits per heavy atom. The van der Waals surface area contributed by atoms with Crippen LogP contribution in [-0.4, -0.2) is 19.5 Å². The first-order chi connectivity index (χ1) is 8.24. The second kappa shape index (κ2) is 3.48. The summed E-state index contributed by atoms with van der Waals surface area (Å²) in [7, 11) is 0. The molecule has 7 nitrogen and oxygen atoms in total. The number of aromatic nitrogens is 4. The Hall–Kier alpha value is -2.57. The summed E-state index contributed by atoms with van der Waals surface area (Å²) < 4.78 is 6.93. The monoisotopic (exact) mass is 231 g/mol. The number of furan rings is 1. The molecule has 0 saturated carbocycles. The van der Waals surface area contributed by atoms with Crippen molar-refractivity contribution in [2.45, 2.75) is 6.54 Å². The number of fused-ring (bicyclic) bond motifs is 1. The Balaban J connectivity index is 2.15. The maximum atomic E-state index is 11.5. The zero-order valence-electron chi connectivity index (χ0n) is 8.75. The third-order valence-electron chi connectivity index (χ3n) is 2.40. The standard InChI is InChI=1S/C10H9N5O2/c11-10-13-8-7(9(16)14-10)12-5-15(8)4-6-2-1-3-17-6/h1-3,5H,4H2,(H3,11,13,14,16). The van der Waals surface area contributed by atoms with Crippen molar-refractivity contribution in [2.24, 2.45) is 0 Å². The van der Waals surface area contributed by atoms with Crippen LogP contribution < -0.4 is 11.3 Å². The molecule has 0 radical (unpaired) electrons. The number of nitrogen functional groups attached to an aromatic ring is 1. The number of rotatable bonds is 2. The van der Waals surface area contributed by atoms with Gasteiger partial charge in [0.1, 0.15) is 5.76 Å². The second-order valence-corrected chi connectivity index (χ2v) is 3.58. The minimum Gasteiger partial charge on any atom is -0.467 e. The average Bonchev–Trinajstić information content (AvgIpc) is 2.89. The largest absolute Gasteiger partial charge is 0.467 e. The van der Waals surface area contributed by atoms with Gasteiger partial charge < -0.3 is 14.7 Å². The van der Waals surface area contributed by atoms with Gasteiger partial charge in [-0.05, 0) is 12.1 Å². The van der Waals surface area contributed by atoms with E-state index in [-0.39, 0.29) is 17.0 Å². The number of nitrogens with one attached hydrogen (secondary N) is 1. The van der Waals surface area contributed by atoms with Gasteiger partial charge in [0.05, 0.1) is 19.1 Å². The summed E-state index contributed by atoms with van der Waals surface area (Å²) in [5.74, 6) is 0.827. The third-order valence-corrected chi connectivity index (χ3v) is 2.40. The summed E-state index contributed by atoms with van der Waals surface area (Å²) in [6, 6.07) is 3.63. The quantitative estimate of drug-likeness (QED) is 0.662. The van der Waals surface area contributed by atoms with Crippen LogP contribution >= 0.6 is 0 Å². The molecular weight excluding hydrogens is 222 g/mol. The normalized spacial score (nSPS) is 11.1. The molecule has 3 heterocycles. The Bertz CT molecular complexity index is 710. The van der Waals surface area contributed by atoms with E-state index in [1.807, 2.05) is 6.07 Å². The van der Waals surface area contributed by atoms with E-state index >= 15 is 0 Å². The van der Waals surface area contributed by atoms with Gasteiger partial charge in [-0.1, -0.05) is 0 Å². The zero-order valence-corrected chi connectivity index (χ0v) is 8.75. The Morgan fingerprint density at radius 2 is 2.41 bits per heavy atom. The predicted molar refractivity (Wildman–Crippen MR) is 60.4 cm³/mol. The molecule has 0 bridgehead atoms. The number of imidazole rings is 1. The molecule has 17 heavy (non-hydrogen) atoms. The molecule has 0 amide bonds. The predicted octanol–water partition coefficient (Wildman–Crippen LogP) is 0.343. The van der Waals surface area contributed by atoms with Gasteiger partial charge in [0.25, 0.3) is 5.56 Å². The maximum Gasteiger partial charge on any atom is 0.280 e. The van der Waals surface area contributed by atoms with Crippen LogP contribution in [0.1, 0.15) is 5.76 Å². The zero-order chi connectivity index (χ0) is 11.8. The van der Waals surface area contributed by atoms with Crippen molar-refractivity contribution in [3.8, 4) is 0 Å². The Kier molecular flexibility index (Phi) is 1.97. The molecule has 0 unspecified atom stereocenters. The van der Waals surface area contributed by atoms with Gasteiger partial charge in [-0.25, -0.2) is 4.98 Å². The number of hydrogen-bond donors (Lipinski definition) is 2. The highest BCUT2D eigenvalue weighted by Gasteiger charge is 2.09. The highest BCUT2D eigenvalue weighted by Crippen LogP contribution is 2.10. The maximum absolute atomic E-state index is 11.5. The summed E-state index contributed by atoms with van der Waals surface area (Å²) in [6.07, 6.45) is 3.12. The second-order valence-electron chi connectivity index (χ2n) is 3.58. The van der Waals surface area contributed by atoms with E-state index in [0.717, 1.165) is 5.76 Å². The number of aromatic amines is 1. The van der Waals surface area contributed by atoms with E-state index in [0.29, 0.717) is 12.2 Å². The van der Waals surface area contributed by atoms with Crippen molar-refractivity contribution in [2.75, 3.05) is 5.73 Å². The highest BCUT2D eigenvalue weighted by atomic mass is 16.3. The van der Waals surface area contributed by atoms with E-state index in [4.69, 9.17) is 10.2 Å². The number of anilines is 1. The lowest BCUT2D eigenvalue weighted by molar-refractivity contribution is 0.495. The molecule has 0 spiro atoms. The molecule has 0 saturated heterocycles. The van der Waals surface area contributed by atoms with E-state index in [2.05, 4.69) is 15.0 Å². The van der Waals surface area contributed by atoms with Gasteiger partial charge in [-0.3, -0.25) is 9.78 Å². The first kappa shape index (κ1) is 9.64. The molecule has 3 N–H and O–H groups in total. The number of nitrogens with zero attached hydrogens (tertiary/aromatic N) is 3. The van der Waals surface area contributed by atoms with Crippen molar-refractivity contribution in [3.63, 3.8) is 0 Å². The van der Waals surface area contributed by atoms with Gasteiger partial charge in [-0.15, -0.1) is 0 Å². The highest BCUT2D eigenvalue weighted by molar-refractivity contribution is 5.70. The van der Waals surface area contributed by atoms with E-state index in [9.17, 15) is 4.79 Å². The summed E-state index contributed by atoms with van der Waals surface area (Å²) in [4.78, 5) is 22.0. The molecule has 3 rings (SSSR count). The Labute approximate surface area is 94.9 Å². The van der Waals surface area contributed by atoms with Crippen molar-refractivity contribution in [1.29, 1.82) is 0 Å². The topological polar surface area (TPSA) is 103 Å². The van der Waals surface area contributed by atoms with Crippen LogP contribution in [0.3, 0.4) is 0 Å². The molecule has 3 aromatic heterocycles. The average molecular weight is 231 g/mol. The van der Waals surface area contributed by atoms with E-state index < -0.39 is 0 Å². The summed E-state index contributed by atoms with van der Waals surface area (Å²) >= 11 is 0. The number of nitrogens with two attached hydrogens (primary N) is 1. The van der Waals surface area contributed by atoms with Gasteiger partial charge >= 0.3 is 0 Å². The molecular formula is C10H9N5O2. The fourth-order valence-corrected chi connectivity index (χ4v) is 1.66. The smallest absolute Gasteiger partial charge is 0.280 e. The van der Waals surface area contributed by atoms with E-state index in [1.165, 1.54) is 6.33 Å². The molecule has 0 fully saturated rings. The molecule has 3 aromatic rings. The molecule has 0 aliphatic rings. The molecule has 86 valence electrons. The van der Waals surface area contributed by atoms with Crippen molar-refractivity contribution in [3.05, 3.63) is 40.8 Å². The van der Waals surface area contributed by atoms with Crippen LogP contribution in [0.4, 0.5) is 5.95 Å². The lowest BCUT2D eigenvalue weighted by atomic mass is 10.4. The van der Waals surface area contributed by atoms with Crippen LogP contribution in [0, 0.1) is 0 Å². The summed E-state index contributed by atoms with van der Waals surface area (Å²) in [5.41, 5.74) is 5.87. The fourth-order valence-electron chi connectivity index (χ4n) is 1.66. The SMILES string of the molecule is Nc1nc2c(ncn2Cc2ccco2)c(=O)[nH]1. The minimum atomic E-state index is -0.342. The van der Waals surface area contributed by atoms with Crippen LogP contribution in [0.15, 0.2) is 33.9 Å². The molecule has 0 aliphatic heterocycles. The van der Waals surface area contributed by atoms with Crippen LogP contribution in [0.2, 0.25) is 0 Å². The van der Waals surface area contributed by atoms with Crippen LogP contribution in [0.5, 0.6) is 0 Å². The molecule has 0 aromatic carbocycles. The summed E-state index contributed by atoms with van der Waals surface area (Å²) in [6.45, 7) is 0.458. The van der Waals surface area contributed by atoms with Crippen molar-refractivity contribution in [1.82, 2.24) is 19.5 Å². The van der Waals surface area contributed by atoms with Crippen LogP contribution in [-0.2, 0) is 6.54 Å². The van der Waals surface area contributed by atoms with Gasteiger partial charge in [-0.2, -0.15) is 4.98 Å². The minimum absolute atomic E-state index is 0.0729. The van der Waals surface area contributed by atoms with Crippen LogP contribution in [0.25, 0.3) is 11.2 Å². The number of H-pyrrole nitrogens is 1. The lowest BCUT2D eigenvalue weighted by Crippen LogP contribution is -2.12. The fraction of sp³-hybridized carbons (Fsp3) is 0.100. The van der Waals surface area contributed by atoms with E-state index in [1.54, 1.807) is 16.9 Å². The van der Waals surface area contributed by atoms with Gasteiger partial charge in [0.2, 0.25) is 5.95 Å². The first-order valence-electron chi connectivity index (χ1n) is 4.97. The Morgan fingerprint density at radius 3 is 3.18 bits per heavy atom. The molecule has 0 atom stereocenters. The number of hydrogen-bond acceptors (Lipinski definition) is 5. The molecule has 0 aliphatic carbocycles. The van der Waals surface area contributed by atoms with Crippen molar-refractivity contribution < 1.29 is 4.42 Å².